The molecular weight excluding hydrogens is 673 g/mol. The number of nitrogens with zero attached hydrogens (tertiary/aromatic N) is 4. The summed E-state index contributed by atoms with van der Waals surface area (Å²) in [6, 6.07) is 64.5. The lowest BCUT2D eigenvalue weighted by atomic mass is 9.96. The molecule has 0 radical (unpaired) electrons. The average molecular weight is 705 g/mol. The van der Waals surface area contributed by atoms with E-state index in [2.05, 4.69) is 138 Å². The SMILES string of the molecule is c1ccc(-c2ccc(-c3nc(-c4ccc(-c5ccccn5)cc4)nc(-c4ccc5c(c4)oc4cccc(-c6ccc(-c7ccccc7)cc6)c45)n3)cc2)cc1. The molecule has 0 aliphatic rings. The molecule has 0 fully saturated rings. The fraction of sp³-hybridized carbons (Fsp3) is 0. The monoisotopic (exact) mass is 704 g/mol. The van der Waals surface area contributed by atoms with Crippen molar-refractivity contribution in [2.24, 2.45) is 0 Å². The second-order valence-electron chi connectivity index (χ2n) is 13.5. The van der Waals surface area contributed by atoms with E-state index in [1.807, 2.05) is 54.6 Å². The van der Waals surface area contributed by atoms with Gasteiger partial charge in [0.1, 0.15) is 11.2 Å². The topological polar surface area (TPSA) is 64.7 Å². The molecule has 10 aromatic rings. The molecule has 0 atom stereocenters. The summed E-state index contributed by atoms with van der Waals surface area (Å²) in [7, 11) is 0. The zero-order valence-electron chi connectivity index (χ0n) is 29.7. The van der Waals surface area contributed by atoms with Crippen LogP contribution in [0.25, 0.3) is 101 Å². The highest BCUT2D eigenvalue weighted by Crippen LogP contribution is 2.39. The highest BCUT2D eigenvalue weighted by atomic mass is 16.3. The Morgan fingerprint density at radius 3 is 1.40 bits per heavy atom. The first-order chi connectivity index (χ1) is 27.2. The Hall–Kier alpha value is -7.50. The summed E-state index contributed by atoms with van der Waals surface area (Å²) in [5, 5.41) is 2.12. The molecule has 7 aromatic carbocycles. The second kappa shape index (κ2) is 13.8. The molecule has 0 N–H and O–H groups in total. The Morgan fingerprint density at radius 2 is 0.818 bits per heavy atom. The van der Waals surface area contributed by atoms with Crippen LogP contribution in [-0.4, -0.2) is 19.9 Å². The van der Waals surface area contributed by atoms with E-state index >= 15 is 0 Å². The Morgan fingerprint density at radius 1 is 0.327 bits per heavy atom. The average Bonchev–Trinajstić information content (AvgIpc) is 3.66. The first-order valence-electron chi connectivity index (χ1n) is 18.3. The summed E-state index contributed by atoms with van der Waals surface area (Å²) < 4.78 is 6.53. The number of furan rings is 1. The minimum Gasteiger partial charge on any atom is -0.456 e. The van der Waals surface area contributed by atoms with Crippen molar-refractivity contribution >= 4 is 21.9 Å². The van der Waals surface area contributed by atoms with Gasteiger partial charge in [0.2, 0.25) is 0 Å². The molecule has 3 heterocycles. The van der Waals surface area contributed by atoms with E-state index < -0.39 is 0 Å². The van der Waals surface area contributed by atoms with E-state index in [1.165, 1.54) is 11.1 Å². The standard InChI is InChI=1S/C50H32N4O/c1-3-10-33(11-4-1)35-17-21-37(22-18-35)42-14-9-16-45-47(42)43-30-29-41(32-46(43)55-45)50-53-48(39-25-19-36(20-26-39)34-12-5-2-6-13-34)52-49(54-50)40-27-23-38(24-28-40)44-15-7-8-31-51-44/h1-32H. The fourth-order valence-electron chi connectivity index (χ4n) is 7.21. The molecular formula is C50H32N4O. The summed E-state index contributed by atoms with van der Waals surface area (Å²) in [5.74, 6) is 1.75. The van der Waals surface area contributed by atoms with Crippen LogP contribution in [0.3, 0.4) is 0 Å². The molecule has 0 aliphatic heterocycles. The van der Waals surface area contributed by atoms with Gasteiger partial charge in [-0.1, -0.05) is 158 Å². The smallest absolute Gasteiger partial charge is 0.164 e. The lowest BCUT2D eigenvalue weighted by Gasteiger charge is -2.10. The van der Waals surface area contributed by atoms with Crippen LogP contribution in [0.15, 0.2) is 199 Å². The molecule has 258 valence electrons. The van der Waals surface area contributed by atoms with Crippen LogP contribution >= 0.6 is 0 Å². The molecule has 0 spiro atoms. The van der Waals surface area contributed by atoms with E-state index in [-0.39, 0.29) is 0 Å². The van der Waals surface area contributed by atoms with Crippen LogP contribution in [0.2, 0.25) is 0 Å². The number of pyridine rings is 1. The third-order valence-electron chi connectivity index (χ3n) is 10.0. The van der Waals surface area contributed by atoms with Crippen molar-refractivity contribution in [2.75, 3.05) is 0 Å². The number of hydrogen-bond acceptors (Lipinski definition) is 5. The number of rotatable bonds is 7. The highest BCUT2D eigenvalue weighted by molar-refractivity contribution is 6.13. The van der Waals surface area contributed by atoms with E-state index in [0.717, 1.165) is 72.1 Å². The van der Waals surface area contributed by atoms with Crippen molar-refractivity contribution in [2.45, 2.75) is 0 Å². The van der Waals surface area contributed by atoms with Crippen molar-refractivity contribution in [1.29, 1.82) is 0 Å². The van der Waals surface area contributed by atoms with Crippen molar-refractivity contribution in [3.05, 3.63) is 194 Å². The van der Waals surface area contributed by atoms with Crippen molar-refractivity contribution in [1.82, 2.24) is 19.9 Å². The Kier molecular flexibility index (Phi) is 8.08. The van der Waals surface area contributed by atoms with Crippen LogP contribution in [0.5, 0.6) is 0 Å². The van der Waals surface area contributed by atoms with Crippen molar-refractivity contribution in [3.8, 4) is 78.8 Å². The molecule has 55 heavy (non-hydrogen) atoms. The van der Waals surface area contributed by atoms with E-state index in [1.54, 1.807) is 6.20 Å². The lowest BCUT2D eigenvalue weighted by molar-refractivity contribution is 0.669. The summed E-state index contributed by atoms with van der Waals surface area (Å²) in [6.45, 7) is 0. The molecule has 0 bridgehead atoms. The van der Waals surface area contributed by atoms with Crippen molar-refractivity contribution in [3.63, 3.8) is 0 Å². The van der Waals surface area contributed by atoms with Crippen LogP contribution in [0.4, 0.5) is 0 Å². The number of hydrogen-bond donors (Lipinski definition) is 0. The summed E-state index contributed by atoms with van der Waals surface area (Å²) in [5.41, 5.74) is 13.1. The van der Waals surface area contributed by atoms with E-state index in [0.29, 0.717) is 17.5 Å². The lowest BCUT2D eigenvalue weighted by Crippen LogP contribution is -2.00. The number of benzene rings is 7. The third-order valence-corrected chi connectivity index (χ3v) is 10.0. The molecule has 0 aliphatic carbocycles. The molecule has 0 amide bonds. The van der Waals surface area contributed by atoms with Gasteiger partial charge < -0.3 is 4.42 Å². The number of aromatic nitrogens is 4. The quantitative estimate of drug-likeness (QED) is 0.165. The number of fused-ring (bicyclic) bond motifs is 3. The van der Waals surface area contributed by atoms with Crippen LogP contribution in [0.1, 0.15) is 0 Å². The minimum atomic E-state index is 0.569. The third kappa shape index (κ3) is 6.24. The predicted octanol–water partition coefficient (Wildman–Crippen LogP) is 12.8. The van der Waals surface area contributed by atoms with Gasteiger partial charge in [0, 0.05) is 39.2 Å². The molecule has 5 heteroatoms. The molecule has 0 saturated carbocycles. The maximum absolute atomic E-state index is 6.53. The molecule has 0 saturated heterocycles. The van der Waals surface area contributed by atoms with Gasteiger partial charge in [-0.15, -0.1) is 0 Å². The second-order valence-corrected chi connectivity index (χ2v) is 13.5. The maximum atomic E-state index is 6.53. The van der Waals surface area contributed by atoms with Gasteiger partial charge in [-0.2, -0.15) is 0 Å². The van der Waals surface area contributed by atoms with Gasteiger partial charge in [-0.3, -0.25) is 4.98 Å². The van der Waals surface area contributed by atoms with E-state index in [9.17, 15) is 0 Å². The zero-order chi connectivity index (χ0) is 36.6. The highest BCUT2D eigenvalue weighted by Gasteiger charge is 2.17. The van der Waals surface area contributed by atoms with Gasteiger partial charge in [0.25, 0.3) is 0 Å². The summed E-state index contributed by atoms with van der Waals surface area (Å²) in [6.07, 6.45) is 1.81. The van der Waals surface area contributed by atoms with Crippen molar-refractivity contribution < 1.29 is 4.42 Å². The van der Waals surface area contributed by atoms with Gasteiger partial charge in [-0.25, -0.2) is 15.0 Å². The van der Waals surface area contributed by atoms with Gasteiger partial charge in [0.05, 0.1) is 5.69 Å². The van der Waals surface area contributed by atoms with E-state index in [4.69, 9.17) is 19.4 Å². The van der Waals surface area contributed by atoms with Gasteiger partial charge >= 0.3 is 0 Å². The first-order valence-corrected chi connectivity index (χ1v) is 18.3. The zero-order valence-corrected chi connectivity index (χ0v) is 29.7. The summed E-state index contributed by atoms with van der Waals surface area (Å²) in [4.78, 5) is 19.6. The van der Waals surface area contributed by atoms with Crippen LogP contribution < -0.4 is 0 Å². The molecule has 3 aromatic heterocycles. The normalized spacial score (nSPS) is 11.3. The fourth-order valence-corrected chi connectivity index (χ4v) is 7.21. The van der Waals surface area contributed by atoms with Crippen LogP contribution in [0, 0.1) is 0 Å². The first kappa shape index (κ1) is 32.2. The largest absolute Gasteiger partial charge is 0.456 e. The molecule has 5 nitrogen and oxygen atoms in total. The predicted molar refractivity (Wildman–Crippen MR) is 223 cm³/mol. The molecule has 10 rings (SSSR count). The maximum Gasteiger partial charge on any atom is 0.164 e. The van der Waals surface area contributed by atoms with Gasteiger partial charge in [-0.05, 0) is 63.7 Å². The molecule has 0 unspecified atom stereocenters. The van der Waals surface area contributed by atoms with Gasteiger partial charge in [0.15, 0.2) is 17.5 Å². The van der Waals surface area contributed by atoms with Crippen LogP contribution in [-0.2, 0) is 0 Å². The summed E-state index contributed by atoms with van der Waals surface area (Å²) >= 11 is 0. The Balaban J connectivity index is 1.06. The Bertz CT molecular complexity index is 2820. The Labute approximate surface area is 318 Å². The minimum absolute atomic E-state index is 0.569.